The van der Waals surface area contributed by atoms with E-state index in [1.165, 1.54) is 7.11 Å². The Kier molecular flexibility index (Phi) is 5.44. The number of halogens is 1. The summed E-state index contributed by atoms with van der Waals surface area (Å²) in [5.41, 5.74) is 6.01. The van der Waals surface area contributed by atoms with E-state index in [2.05, 4.69) is 0 Å². The average Bonchev–Trinajstić information content (AvgIpc) is 2.81. The van der Waals surface area contributed by atoms with Gasteiger partial charge in [0.15, 0.2) is 0 Å². The van der Waals surface area contributed by atoms with Gasteiger partial charge in [0.2, 0.25) is 10.0 Å². The molecule has 4 atom stereocenters. The Bertz CT molecular complexity index is 376. The lowest BCUT2D eigenvalue weighted by atomic mass is 9.98. The third-order valence-corrected chi connectivity index (χ3v) is 6.10. The molecule has 1 aliphatic heterocycles. The lowest BCUT2D eigenvalue weighted by Crippen LogP contribution is -2.37. The minimum absolute atomic E-state index is 0. The number of nitrogens with zero attached hydrogens (tertiary/aromatic N) is 1. The first kappa shape index (κ1) is 16.2. The van der Waals surface area contributed by atoms with Gasteiger partial charge in [-0.3, -0.25) is 0 Å². The fraction of sp³-hybridized carbons (Fsp3) is 1.00. The van der Waals surface area contributed by atoms with Gasteiger partial charge < -0.3 is 10.5 Å². The maximum Gasteiger partial charge on any atom is 0.216 e. The highest BCUT2D eigenvalue weighted by molar-refractivity contribution is 7.89. The van der Waals surface area contributed by atoms with E-state index >= 15 is 0 Å². The summed E-state index contributed by atoms with van der Waals surface area (Å²) < 4.78 is 30.9. The predicted molar refractivity (Wildman–Crippen MR) is 73.3 cm³/mol. The van der Waals surface area contributed by atoms with Crippen molar-refractivity contribution >= 4 is 22.4 Å². The second-order valence-corrected chi connectivity index (χ2v) is 7.32. The van der Waals surface area contributed by atoms with Crippen molar-refractivity contribution in [1.82, 2.24) is 4.31 Å². The Morgan fingerprint density at radius 1 is 1.39 bits per heavy atom. The molecule has 1 saturated carbocycles. The van der Waals surface area contributed by atoms with Crippen molar-refractivity contribution in [1.29, 1.82) is 0 Å². The largest absolute Gasteiger partial charge is 0.381 e. The molecule has 0 aromatic heterocycles. The zero-order valence-corrected chi connectivity index (χ0v) is 12.5. The summed E-state index contributed by atoms with van der Waals surface area (Å²) in [5.74, 6) is 0.901. The third kappa shape index (κ3) is 3.17. The first-order chi connectivity index (χ1) is 7.94. The molecule has 0 aromatic rings. The van der Waals surface area contributed by atoms with Gasteiger partial charge in [-0.2, -0.15) is 0 Å². The van der Waals surface area contributed by atoms with Crippen LogP contribution in [0.4, 0.5) is 0 Å². The Morgan fingerprint density at radius 2 is 2.06 bits per heavy atom. The highest BCUT2D eigenvalue weighted by Crippen LogP contribution is 2.38. The Balaban J connectivity index is 0.00000162. The van der Waals surface area contributed by atoms with Gasteiger partial charge in [-0.05, 0) is 31.6 Å². The molecule has 1 heterocycles. The number of methoxy groups -OCH3 is 1. The molecule has 0 radical (unpaired) electrons. The number of rotatable bonds is 4. The minimum Gasteiger partial charge on any atom is -0.381 e. The number of fused-ring (bicyclic) bond motifs is 1. The van der Waals surface area contributed by atoms with Crippen molar-refractivity contribution in [3.63, 3.8) is 0 Å². The van der Waals surface area contributed by atoms with Crippen molar-refractivity contribution in [2.24, 2.45) is 17.6 Å². The first-order valence-electron chi connectivity index (χ1n) is 6.20. The van der Waals surface area contributed by atoms with Crippen molar-refractivity contribution in [2.75, 3.05) is 26.0 Å². The van der Waals surface area contributed by atoms with Crippen LogP contribution in [0.5, 0.6) is 0 Å². The summed E-state index contributed by atoms with van der Waals surface area (Å²) in [6, 6.07) is 0.181. The molecular weight excluding hydrogens is 276 g/mol. The number of nitrogens with two attached hydrogens (primary N) is 1. The summed E-state index contributed by atoms with van der Waals surface area (Å²) in [5, 5.41) is 0. The molecular formula is C11H23ClN2O3S. The number of ether oxygens (including phenoxy) is 1. The second kappa shape index (κ2) is 6.05. The Hall–Kier alpha value is 0.120. The highest BCUT2D eigenvalue weighted by atomic mass is 35.5. The van der Waals surface area contributed by atoms with Crippen LogP contribution in [0.3, 0.4) is 0 Å². The molecule has 2 rings (SSSR count). The molecule has 2 N–H and O–H groups in total. The maximum atomic E-state index is 12.1. The van der Waals surface area contributed by atoms with Crippen molar-refractivity contribution < 1.29 is 13.2 Å². The van der Waals surface area contributed by atoms with Gasteiger partial charge in [0.05, 0.1) is 11.9 Å². The van der Waals surface area contributed by atoms with E-state index < -0.39 is 10.0 Å². The van der Waals surface area contributed by atoms with Crippen LogP contribution >= 0.6 is 12.4 Å². The van der Waals surface area contributed by atoms with Gasteiger partial charge in [-0.1, -0.05) is 0 Å². The Morgan fingerprint density at radius 3 is 2.61 bits per heavy atom. The second-order valence-electron chi connectivity index (χ2n) is 5.31. The van der Waals surface area contributed by atoms with E-state index in [4.69, 9.17) is 10.5 Å². The van der Waals surface area contributed by atoms with E-state index in [1.807, 2.05) is 0 Å². The minimum atomic E-state index is -3.18. The van der Waals surface area contributed by atoms with E-state index in [0.29, 0.717) is 24.9 Å². The topological polar surface area (TPSA) is 72.6 Å². The average molecular weight is 299 g/mol. The van der Waals surface area contributed by atoms with Crippen LogP contribution in [-0.2, 0) is 14.8 Å². The van der Waals surface area contributed by atoms with Gasteiger partial charge in [0.1, 0.15) is 0 Å². The fourth-order valence-electron chi connectivity index (χ4n) is 2.96. The first-order valence-corrected chi connectivity index (χ1v) is 7.81. The van der Waals surface area contributed by atoms with Gasteiger partial charge >= 0.3 is 0 Å². The highest BCUT2D eigenvalue weighted by Gasteiger charge is 2.44. The fourth-order valence-corrected chi connectivity index (χ4v) is 4.72. The van der Waals surface area contributed by atoms with Crippen LogP contribution < -0.4 is 5.73 Å². The van der Waals surface area contributed by atoms with Gasteiger partial charge in [-0.15, -0.1) is 12.4 Å². The molecule has 4 unspecified atom stereocenters. The molecule has 1 saturated heterocycles. The zero-order valence-electron chi connectivity index (χ0n) is 10.9. The number of sulfonamides is 1. The molecule has 0 amide bonds. The summed E-state index contributed by atoms with van der Waals surface area (Å²) in [4.78, 5) is 0. The molecule has 5 nitrogen and oxygen atoms in total. The summed E-state index contributed by atoms with van der Waals surface area (Å²) in [6.45, 7) is 3.03. The number of hydrogen-bond donors (Lipinski definition) is 1. The maximum absolute atomic E-state index is 12.1. The molecule has 18 heavy (non-hydrogen) atoms. The quantitative estimate of drug-likeness (QED) is 0.817. The van der Waals surface area contributed by atoms with E-state index in [-0.39, 0.29) is 30.3 Å². The van der Waals surface area contributed by atoms with Crippen LogP contribution in [0.2, 0.25) is 0 Å². The SMILES string of the molecule is COC(C)CS(=O)(=O)N1CC2CCC(N)C2C1.Cl. The predicted octanol–water partition coefficient (Wildman–Crippen LogP) is 0.442. The molecule has 2 aliphatic rings. The smallest absolute Gasteiger partial charge is 0.216 e. The van der Waals surface area contributed by atoms with Crippen LogP contribution in [0.15, 0.2) is 0 Å². The lowest BCUT2D eigenvalue weighted by Gasteiger charge is -2.20. The summed E-state index contributed by atoms with van der Waals surface area (Å²) in [6.07, 6.45) is 1.85. The third-order valence-electron chi connectivity index (χ3n) is 4.12. The zero-order chi connectivity index (χ0) is 12.6. The van der Waals surface area contributed by atoms with Gasteiger partial charge in [0.25, 0.3) is 0 Å². The van der Waals surface area contributed by atoms with Crippen LogP contribution in [-0.4, -0.2) is 50.8 Å². The van der Waals surface area contributed by atoms with E-state index in [9.17, 15) is 8.42 Å². The standard InChI is InChI=1S/C11H22N2O3S.ClH/c1-8(16-2)7-17(14,15)13-5-9-3-4-11(12)10(9)6-13;/h8-11H,3-7,12H2,1-2H3;1H. The van der Waals surface area contributed by atoms with Crippen molar-refractivity contribution in [2.45, 2.75) is 31.9 Å². The van der Waals surface area contributed by atoms with Crippen LogP contribution in [0.25, 0.3) is 0 Å². The molecule has 108 valence electrons. The molecule has 1 aliphatic carbocycles. The van der Waals surface area contributed by atoms with E-state index in [1.54, 1.807) is 11.2 Å². The molecule has 0 aromatic carbocycles. The number of hydrogen-bond acceptors (Lipinski definition) is 4. The molecule has 0 spiro atoms. The van der Waals surface area contributed by atoms with Crippen molar-refractivity contribution in [3.8, 4) is 0 Å². The lowest BCUT2D eigenvalue weighted by molar-refractivity contribution is 0.135. The van der Waals surface area contributed by atoms with Gasteiger partial charge in [-0.25, -0.2) is 12.7 Å². The van der Waals surface area contributed by atoms with Crippen molar-refractivity contribution in [3.05, 3.63) is 0 Å². The molecule has 0 bridgehead atoms. The van der Waals surface area contributed by atoms with Gasteiger partial charge in [0, 0.05) is 26.2 Å². The summed E-state index contributed by atoms with van der Waals surface area (Å²) >= 11 is 0. The molecule has 2 fully saturated rings. The summed E-state index contributed by atoms with van der Waals surface area (Å²) in [7, 11) is -1.65. The monoisotopic (exact) mass is 298 g/mol. The molecule has 7 heteroatoms. The van der Waals surface area contributed by atoms with E-state index in [0.717, 1.165) is 12.8 Å². The van der Waals surface area contributed by atoms with Crippen LogP contribution in [0.1, 0.15) is 19.8 Å². The van der Waals surface area contributed by atoms with Crippen LogP contribution in [0, 0.1) is 11.8 Å². The Labute approximate surface area is 116 Å². The normalized spacial score (nSPS) is 34.1.